The fraction of sp³-hybridized carbons (Fsp3) is 0.444. The number of anilines is 1. The number of hydrogen-bond donors (Lipinski definition) is 0. The Morgan fingerprint density at radius 1 is 1.08 bits per heavy atom. The number of halogens is 1. The van der Waals surface area contributed by atoms with Crippen LogP contribution in [0.2, 0.25) is 5.02 Å². The number of fused-ring (bicyclic) bond motifs is 1. The predicted octanol–water partition coefficient (Wildman–Crippen LogP) is 1.93. The van der Waals surface area contributed by atoms with Crippen molar-refractivity contribution < 1.29 is 4.74 Å². The molecule has 0 N–H and O–H groups in total. The molecule has 2 aliphatic heterocycles. The summed E-state index contributed by atoms with van der Waals surface area (Å²) in [5.41, 5.74) is 3.08. The Kier molecular flexibility index (Phi) is 3.88. The number of aromatic nitrogens is 4. The zero-order chi connectivity index (χ0) is 17.7. The third-order valence-electron chi connectivity index (χ3n) is 5.36. The van der Waals surface area contributed by atoms with E-state index < -0.39 is 0 Å². The molecule has 3 aromatic rings. The van der Waals surface area contributed by atoms with Gasteiger partial charge in [-0.3, -0.25) is 9.58 Å². The lowest BCUT2D eigenvalue weighted by molar-refractivity contribution is -0.0660. The van der Waals surface area contributed by atoms with Crippen molar-refractivity contribution >= 4 is 28.2 Å². The van der Waals surface area contributed by atoms with E-state index in [9.17, 15) is 0 Å². The summed E-state index contributed by atoms with van der Waals surface area (Å²) in [6.45, 7) is 5.79. The zero-order valence-electron chi connectivity index (χ0n) is 14.7. The molecule has 8 heteroatoms. The highest BCUT2D eigenvalue weighted by Crippen LogP contribution is 2.33. The molecule has 2 aliphatic rings. The predicted molar refractivity (Wildman–Crippen MR) is 101 cm³/mol. The first-order valence-corrected chi connectivity index (χ1v) is 9.30. The number of piperazine rings is 1. The van der Waals surface area contributed by atoms with Gasteiger partial charge in [-0.05, 0) is 12.1 Å². The molecule has 0 saturated carbocycles. The summed E-state index contributed by atoms with van der Waals surface area (Å²) >= 11 is 6.60. The van der Waals surface area contributed by atoms with Crippen LogP contribution in [0, 0.1) is 0 Å². The van der Waals surface area contributed by atoms with E-state index in [2.05, 4.69) is 26.1 Å². The number of nitrogens with zero attached hydrogens (tertiary/aromatic N) is 6. The average molecular weight is 373 g/mol. The topological polar surface area (TPSA) is 51.4 Å². The molecule has 1 aromatic carbocycles. The van der Waals surface area contributed by atoms with Gasteiger partial charge >= 0.3 is 0 Å². The Labute approximate surface area is 156 Å². The van der Waals surface area contributed by atoms with E-state index in [0.29, 0.717) is 6.04 Å². The molecule has 0 amide bonds. The van der Waals surface area contributed by atoms with E-state index in [4.69, 9.17) is 16.3 Å². The van der Waals surface area contributed by atoms with Crippen molar-refractivity contribution in [2.24, 2.45) is 7.05 Å². The first kappa shape index (κ1) is 16.1. The monoisotopic (exact) mass is 372 g/mol. The summed E-state index contributed by atoms with van der Waals surface area (Å²) in [7, 11) is 1.91. The zero-order valence-corrected chi connectivity index (χ0v) is 15.4. The fourth-order valence-electron chi connectivity index (χ4n) is 3.76. The summed E-state index contributed by atoms with van der Waals surface area (Å²) in [5, 5.41) is 10.6. The highest BCUT2D eigenvalue weighted by Gasteiger charge is 2.29. The van der Waals surface area contributed by atoms with E-state index in [1.54, 1.807) is 4.68 Å². The van der Waals surface area contributed by atoms with E-state index in [1.165, 1.54) is 0 Å². The van der Waals surface area contributed by atoms with Crippen LogP contribution in [-0.4, -0.2) is 69.9 Å². The van der Waals surface area contributed by atoms with Crippen molar-refractivity contribution in [3.05, 3.63) is 35.7 Å². The lowest BCUT2D eigenvalue weighted by Gasteiger charge is -2.43. The molecule has 136 valence electrons. The number of hydrogen-bond acceptors (Lipinski definition) is 5. The molecule has 2 aromatic heterocycles. The minimum Gasteiger partial charge on any atom is -0.378 e. The SMILES string of the molecule is Cn1cc(-n2ncc3cc(Cl)c(N4CCN(C5COC5)CC4)cc32)cn1. The molecular formula is C18H21ClN6O. The lowest BCUT2D eigenvalue weighted by atomic mass is 10.1. The second kappa shape index (κ2) is 6.26. The minimum absolute atomic E-state index is 0.599. The van der Waals surface area contributed by atoms with Crippen LogP contribution in [0.25, 0.3) is 16.6 Å². The molecule has 0 bridgehead atoms. The Morgan fingerprint density at radius 3 is 2.54 bits per heavy atom. The van der Waals surface area contributed by atoms with Crippen LogP contribution in [-0.2, 0) is 11.8 Å². The first-order valence-electron chi connectivity index (χ1n) is 8.92. The number of benzene rings is 1. The van der Waals surface area contributed by atoms with Crippen LogP contribution in [0.1, 0.15) is 0 Å². The van der Waals surface area contributed by atoms with Gasteiger partial charge in [0.1, 0.15) is 5.69 Å². The second-order valence-corrected chi connectivity index (χ2v) is 7.41. The van der Waals surface area contributed by atoms with Gasteiger partial charge in [-0.15, -0.1) is 0 Å². The highest BCUT2D eigenvalue weighted by molar-refractivity contribution is 6.34. The van der Waals surface area contributed by atoms with Crippen LogP contribution in [0.3, 0.4) is 0 Å². The van der Waals surface area contributed by atoms with E-state index in [0.717, 1.165) is 66.7 Å². The summed E-state index contributed by atoms with van der Waals surface area (Å²) in [6, 6.07) is 4.76. The van der Waals surface area contributed by atoms with Crippen molar-refractivity contribution in [2.45, 2.75) is 6.04 Å². The van der Waals surface area contributed by atoms with Gasteiger partial charge in [0.05, 0.1) is 54.1 Å². The molecule has 2 fully saturated rings. The summed E-state index contributed by atoms with van der Waals surface area (Å²) < 4.78 is 9.02. The quantitative estimate of drug-likeness (QED) is 0.703. The summed E-state index contributed by atoms with van der Waals surface area (Å²) in [4.78, 5) is 4.89. The van der Waals surface area contributed by atoms with Crippen LogP contribution < -0.4 is 4.90 Å². The Hall–Kier alpha value is -2.09. The summed E-state index contributed by atoms with van der Waals surface area (Å²) in [6.07, 6.45) is 5.63. The van der Waals surface area contributed by atoms with Crippen molar-refractivity contribution in [2.75, 3.05) is 44.3 Å². The van der Waals surface area contributed by atoms with Crippen LogP contribution in [0.15, 0.2) is 30.7 Å². The van der Waals surface area contributed by atoms with E-state index >= 15 is 0 Å². The lowest BCUT2D eigenvalue weighted by Crippen LogP contribution is -2.56. The van der Waals surface area contributed by atoms with E-state index in [-0.39, 0.29) is 0 Å². The van der Waals surface area contributed by atoms with Gasteiger partial charge in [0.2, 0.25) is 0 Å². The van der Waals surface area contributed by atoms with Crippen molar-refractivity contribution in [3.63, 3.8) is 0 Å². The van der Waals surface area contributed by atoms with Crippen molar-refractivity contribution in [1.29, 1.82) is 0 Å². The maximum absolute atomic E-state index is 6.60. The third-order valence-corrected chi connectivity index (χ3v) is 5.67. The molecule has 0 radical (unpaired) electrons. The van der Waals surface area contributed by atoms with Crippen LogP contribution in [0.4, 0.5) is 5.69 Å². The van der Waals surface area contributed by atoms with Gasteiger partial charge in [0.15, 0.2) is 0 Å². The summed E-state index contributed by atoms with van der Waals surface area (Å²) in [5.74, 6) is 0. The molecule has 0 unspecified atom stereocenters. The van der Waals surface area contributed by atoms with Crippen molar-refractivity contribution in [3.8, 4) is 5.69 Å². The van der Waals surface area contributed by atoms with Crippen molar-refractivity contribution in [1.82, 2.24) is 24.5 Å². The maximum Gasteiger partial charge on any atom is 0.103 e. The molecule has 0 aliphatic carbocycles. The van der Waals surface area contributed by atoms with Gasteiger partial charge in [-0.2, -0.15) is 10.2 Å². The molecule has 26 heavy (non-hydrogen) atoms. The van der Waals surface area contributed by atoms with E-state index in [1.807, 2.05) is 36.4 Å². The average Bonchev–Trinajstić information content (AvgIpc) is 3.19. The van der Waals surface area contributed by atoms with Gasteiger partial charge < -0.3 is 9.64 Å². The largest absolute Gasteiger partial charge is 0.378 e. The van der Waals surface area contributed by atoms with Crippen LogP contribution in [0.5, 0.6) is 0 Å². The Morgan fingerprint density at radius 2 is 1.88 bits per heavy atom. The maximum atomic E-state index is 6.60. The standard InChI is InChI=1S/C18H21ClN6O/c1-22-10-14(9-20-22)25-17-7-18(16(19)6-13(17)8-21-25)24-4-2-23(3-5-24)15-11-26-12-15/h6-10,15H,2-5,11-12H2,1H3. The Bertz CT molecular complexity index is 938. The highest BCUT2D eigenvalue weighted by atomic mass is 35.5. The normalized spacial score (nSPS) is 19.2. The number of rotatable bonds is 3. The van der Waals surface area contributed by atoms with Gasteiger partial charge in [-0.25, -0.2) is 4.68 Å². The Balaban J connectivity index is 1.45. The fourth-order valence-corrected chi connectivity index (χ4v) is 4.05. The second-order valence-electron chi connectivity index (χ2n) is 7.01. The number of ether oxygens (including phenoxy) is 1. The van der Waals surface area contributed by atoms with Gasteiger partial charge in [0, 0.05) is 38.6 Å². The smallest absolute Gasteiger partial charge is 0.103 e. The molecule has 2 saturated heterocycles. The molecule has 7 nitrogen and oxygen atoms in total. The third kappa shape index (κ3) is 2.67. The minimum atomic E-state index is 0.599. The van der Waals surface area contributed by atoms with Gasteiger partial charge in [-0.1, -0.05) is 11.6 Å². The molecule has 5 rings (SSSR count). The molecular weight excluding hydrogens is 352 g/mol. The molecule has 4 heterocycles. The first-order chi connectivity index (χ1) is 12.7. The number of aryl methyl sites for hydroxylation is 1. The van der Waals surface area contributed by atoms with Gasteiger partial charge in [0.25, 0.3) is 0 Å². The van der Waals surface area contributed by atoms with Crippen LogP contribution >= 0.6 is 11.6 Å². The molecule has 0 spiro atoms. The molecule has 0 atom stereocenters.